The molecule has 0 saturated carbocycles. The lowest BCUT2D eigenvalue weighted by Gasteiger charge is -2.32. The van der Waals surface area contributed by atoms with Gasteiger partial charge in [-0.15, -0.1) is 11.3 Å². The number of nitrogens with zero attached hydrogens (tertiary/aromatic N) is 2. The predicted molar refractivity (Wildman–Crippen MR) is 74.1 cm³/mol. The predicted octanol–water partition coefficient (Wildman–Crippen LogP) is 2.28. The van der Waals surface area contributed by atoms with Crippen LogP contribution in [0.5, 0.6) is 0 Å². The summed E-state index contributed by atoms with van der Waals surface area (Å²) in [4.78, 5) is 6.82. The van der Waals surface area contributed by atoms with E-state index >= 15 is 0 Å². The van der Waals surface area contributed by atoms with Gasteiger partial charge in [0.15, 0.2) is 5.13 Å². The Balaban J connectivity index is 1.85. The number of piperidine rings is 1. The highest BCUT2D eigenvalue weighted by Gasteiger charge is 2.21. The number of hydrogen-bond donors (Lipinski definition) is 1. The molecular weight excluding hydrogens is 248 g/mol. The van der Waals surface area contributed by atoms with Crippen LogP contribution in [0, 0.1) is 5.92 Å². The highest BCUT2D eigenvalue weighted by atomic mass is 32.1. The van der Waals surface area contributed by atoms with Crippen molar-refractivity contribution in [2.75, 3.05) is 31.7 Å². The smallest absolute Gasteiger partial charge is 0.185 e. The lowest BCUT2D eigenvalue weighted by atomic mass is 9.94. The van der Waals surface area contributed by atoms with Crippen molar-refractivity contribution in [2.24, 2.45) is 5.92 Å². The molecule has 4 nitrogen and oxygen atoms in total. The van der Waals surface area contributed by atoms with Crippen LogP contribution >= 0.6 is 11.3 Å². The summed E-state index contributed by atoms with van der Waals surface area (Å²) in [5.41, 5.74) is 0.788. The summed E-state index contributed by atoms with van der Waals surface area (Å²) in [5.74, 6) is 0.760. The summed E-state index contributed by atoms with van der Waals surface area (Å²) >= 11 is 1.64. The first kappa shape index (κ1) is 13.8. The van der Waals surface area contributed by atoms with Crippen molar-refractivity contribution in [1.29, 1.82) is 0 Å². The van der Waals surface area contributed by atoms with E-state index in [1.165, 1.54) is 19.3 Å². The molecule has 2 rings (SSSR count). The van der Waals surface area contributed by atoms with Crippen LogP contribution in [0.3, 0.4) is 0 Å². The van der Waals surface area contributed by atoms with Crippen LogP contribution in [-0.4, -0.2) is 36.9 Å². The van der Waals surface area contributed by atoms with Gasteiger partial charge in [-0.05, 0) is 31.6 Å². The van der Waals surface area contributed by atoms with E-state index in [1.807, 2.05) is 5.38 Å². The molecule has 0 spiro atoms. The molecule has 1 N–H and O–H groups in total. The van der Waals surface area contributed by atoms with Gasteiger partial charge < -0.3 is 14.7 Å². The molecule has 2 heterocycles. The summed E-state index contributed by atoms with van der Waals surface area (Å²) in [7, 11) is 1.76. The second kappa shape index (κ2) is 7.07. The summed E-state index contributed by atoms with van der Waals surface area (Å²) in [6, 6.07) is 0. The molecule has 1 atom stereocenters. The fraction of sp³-hybridized carbons (Fsp3) is 0.769. The lowest BCUT2D eigenvalue weighted by molar-refractivity contribution is 0.184. The Kier molecular flexibility index (Phi) is 5.41. The molecule has 102 valence electrons. The Morgan fingerprint density at radius 1 is 1.61 bits per heavy atom. The molecule has 5 heteroatoms. The standard InChI is InChI=1S/C13H22N2O2S/c1-17-7-3-5-11-4-2-6-15(8-11)13-14-12(9-16)10-18-13/h10-11,16H,2-9H2,1H3/t11-/m0/s1. The van der Waals surface area contributed by atoms with Gasteiger partial charge in [-0.1, -0.05) is 0 Å². The van der Waals surface area contributed by atoms with E-state index in [2.05, 4.69) is 9.88 Å². The molecule has 0 amide bonds. The quantitative estimate of drug-likeness (QED) is 0.806. The first-order valence-electron chi connectivity index (χ1n) is 6.62. The maximum absolute atomic E-state index is 9.06. The van der Waals surface area contributed by atoms with Crippen LogP contribution in [-0.2, 0) is 11.3 Å². The molecule has 1 aliphatic rings. The van der Waals surface area contributed by atoms with Gasteiger partial charge in [-0.2, -0.15) is 0 Å². The first-order valence-corrected chi connectivity index (χ1v) is 7.50. The van der Waals surface area contributed by atoms with Gasteiger partial charge in [0, 0.05) is 32.2 Å². The van der Waals surface area contributed by atoms with Crippen molar-refractivity contribution >= 4 is 16.5 Å². The number of hydrogen-bond acceptors (Lipinski definition) is 5. The Morgan fingerprint density at radius 3 is 3.22 bits per heavy atom. The normalized spacial score (nSPS) is 20.3. The second-order valence-corrected chi connectivity index (χ2v) is 5.71. The number of aliphatic hydroxyl groups is 1. The van der Waals surface area contributed by atoms with Crippen molar-refractivity contribution in [3.63, 3.8) is 0 Å². The van der Waals surface area contributed by atoms with Crippen LogP contribution in [0.25, 0.3) is 0 Å². The largest absolute Gasteiger partial charge is 0.390 e. The summed E-state index contributed by atoms with van der Waals surface area (Å²) in [5, 5.41) is 12.1. The van der Waals surface area contributed by atoms with Crippen LogP contribution in [0.4, 0.5) is 5.13 Å². The lowest BCUT2D eigenvalue weighted by Crippen LogP contribution is -2.35. The molecule has 1 aromatic rings. The number of aromatic nitrogens is 1. The number of anilines is 1. The molecule has 0 radical (unpaired) electrons. The van der Waals surface area contributed by atoms with Gasteiger partial charge >= 0.3 is 0 Å². The molecule has 0 unspecified atom stereocenters. The third-order valence-corrected chi connectivity index (χ3v) is 4.40. The topological polar surface area (TPSA) is 45.6 Å². The minimum atomic E-state index is 0.0433. The Hall–Kier alpha value is -0.650. The third-order valence-electron chi connectivity index (χ3n) is 3.45. The molecular formula is C13H22N2O2S. The zero-order valence-electron chi connectivity index (χ0n) is 11.0. The number of rotatable bonds is 6. The highest BCUT2D eigenvalue weighted by molar-refractivity contribution is 7.13. The Bertz CT molecular complexity index is 357. The van der Waals surface area contributed by atoms with E-state index in [-0.39, 0.29) is 6.61 Å². The fourth-order valence-electron chi connectivity index (χ4n) is 2.50. The van der Waals surface area contributed by atoms with E-state index in [1.54, 1.807) is 18.4 Å². The number of ether oxygens (including phenoxy) is 1. The number of aliphatic hydroxyl groups excluding tert-OH is 1. The molecule has 0 aromatic carbocycles. The summed E-state index contributed by atoms with van der Waals surface area (Å²) in [6.45, 7) is 3.10. The van der Waals surface area contributed by atoms with E-state index in [9.17, 15) is 0 Å². The maximum Gasteiger partial charge on any atom is 0.185 e. The average molecular weight is 270 g/mol. The molecule has 1 aromatic heterocycles. The monoisotopic (exact) mass is 270 g/mol. The van der Waals surface area contributed by atoms with Gasteiger partial charge in [0.2, 0.25) is 0 Å². The minimum Gasteiger partial charge on any atom is -0.390 e. The maximum atomic E-state index is 9.06. The molecule has 1 saturated heterocycles. The summed E-state index contributed by atoms with van der Waals surface area (Å²) < 4.78 is 5.11. The molecule has 18 heavy (non-hydrogen) atoms. The van der Waals surface area contributed by atoms with Crippen LogP contribution in [0.1, 0.15) is 31.4 Å². The van der Waals surface area contributed by atoms with Crippen molar-refractivity contribution in [3.8, 4) is 0 Å². The highest BCUT2D eigenvalue weighted by Crippen LogP contribution is 2.28. The van der Waals surface area contributed by atoms with Crippen molar-refractivity contribution in [3.05, 3.63) is 11.1 Å². The molecule has 1 aliphatic heterocycles. The Labute approximate surface area is 113 Å². The number of methoxy groups -OCH3 is 1. The van der Waals surface area contributed by atoms with Gasteiger partial charge in [0.1, 0.15) is 0 Å². The average Bonchev–Trinajstić information content (AvgIpc) is 2.88. The van der Waals surface area contributed by atoms with Crippen molar-refractivity contribution in [2.45, 2.75) is 32.3 Å². The van der Waals surface area contributed by atoms with E-state index in [0.29, 0.717) is 0 Å². The van der Waals surface area contributed by atoms with Gasteiger partial charge in [-0.3, -0.25) is 0 Å². The van der Waals surface area contributed by atoms with Crippen molar-refractivity contribution in [1.82, 2.24) is 4.98 Å². The third kappa shape index (κ3) is 3.67. The van der Waals surface area contributed by atoms with Gasteiger partial charge in [-0.25, -0.2) is 4.98 Å². The van der Waals surface area contributed by atoms with Gasteiger partial charge in [0.25, 0.3) is 0 Å². The van der Waals surface area contributed by atoms with Crippen molar-refractivity contribution < 1.29 is 9.84 Å². The van der Waals surface area contributed by atoms with E-state index in [0.717, 1.165) is 42.9 Å². The Morgan fingerprint density at radius 2 is 2.50 bits per heavy atom. The zero-order valence-corrected chi connectivity index (χ0v) is 11.8. The number of thiazole rings is 1. The fourth-order valence-corrected chi connectivity index (χ4v) is 3.36. The minimum absolute atomic E-state index is 0.0433. The van der Waals surface area contributed by atoms with E-state index < -0.39 is 0 Å². The molecule has 1 fully saturated rings. The second-order valence-electron chi connectivity index (χ2n) is 4.87. The van der Waals surface area contributed by atoms with E-state index in [4.69, 9.17) is 9.84 Å². The van der Waals surface area contributed by atoms with Crippen LogP contribution < -0.4 is 4.90 Å². The zero-order chi connectivity index (χ0) is 12.8. The van der Waals surface area contributed by atoms with Crippen LogP contribution in [0.15, 0.2) is 5.38 Å². The molecule has 0 aliphatic carbocycles. The van der Waals surface area contributed by atoms with Gasteiger partial charge in [0.05, 0.1) is 12.3 Å². The first-order chi connectivity index (χ1) is 8.83. The molecule has 0 bridgehead atoms. The van der Waals surface area contributed by atoms with Crippen LogP contribution in [0.2, 0.25) is 0 Å². The SMILES string of the molecule is COCCC[C@@H]1CCCN(c2nc(CO)cs2)C1. The summed E-state index contributed by atoms with van der Waals surface area (Å²) in [6.07, 6.45) is 4.95.